The summed E-state index contributed by atoms with van der Waals surface area (Å²) in [5.74, 6) is 1.73. The maximum Gasteiger partial charge on any atom is 0.202 e. The lowest BCUT2D eigenvalue weighted by atomic mass is 10.1. The summed E-state index contributed by atoms with van der Waals surface area (Å²) in [7, 11) is 0. The summed E-state index contributed by atoms with van der Waals surface area (Å²) >= 11 is 0. The van der Waals surface area contributed by atoms with Crippen LogP contribution in [0.15, 0.2) is 74.6 Å². The molecule has 0 aliphatic heterocycles. The minimum absolute atomic E-state index is 0.142. The molecule has 0 spiro atoms. The molecule has 4 aromatic rings. The molecule has 0 aliphatic rings. The fourth-order valence-corrected chi connectivity index (χ4v) is 2.86. The van der Waals surface area contributed by atoms with Crippen LogP contribution in [0.3, 0.4) is 0 Å². The second-order valence-corrected chi connectivity index (χ2v) is 5.83. The van der Waals surface area contributed by atoms with Crippen LogP contribution in [0.1, 0.15) is 18.4 Å². The Balaban J connectivity index is 1.94. The van der Waals surface area contributed by atoms with E-state index in [1.165, 1.54) is 0 Å². The average Bonchev–Trinajstić information content (AvgIpc) is 3.21. The number of hydrogen-bond donors (Lipinski definition) is 0. The summed E-state index contributed by atoms with van der Waals surface area (Å²) in [5.41, 5.74) is 1.29. The highest BCUT2D eigenvalue weighted by Gasteiger charge is 2.16. The smallest absolute Gasteiger partial charge is 0.202 e. The molecule has 0 fully saturated rings. The number of hydrogen-bond acceptors (Lipinski definition) is 5. The Morgan fingerprint density at radius 3 is 2.78 bits per heavy atom. The highest BCUT2D eigenvalue weighted by Crippen LogP contribution is 2.27. The molecule has 27 heavy (non-hydrogen) atoms. The van der Waals surface area contributed by atoms with Crippen LogP contribution in [-0.2, 0) is 0 Å². The van der Waals surface area contributed by atoms with Crippen LogP contribution < -0.4 is 10.2 Å². The largest absolute Gasteiger partial charge is 0.494 e. The molecule has 0 amide bonds. The molecule has 0 bridgehead atoms. The van der Waals surface area contributed by atoms with Crippen molar-refractivity contribution in [2.45, 2.75) is 6.92 Å². The Morgan fingerprint density at radius 1 is 1.11 bits per heavy atom. The molecule has 0 radical (unpaired) electrons. The zero-order chi connectivity index (χ0) is 18.6. The second-order valence-electron chi connectivity index (χ2n) is 5.83. The Morgan fingerprint density at radius 2 is 2.04 bits per heavy atom. The first-order valence-corrected chi connectivity index (χ1v) is 8.63. The molecule has 134 valence electrons. The number of fused-ring (bicyclic) bond motifs is 1. The summed E-state index contributed by atoms with van der Waals surface area (Å²) in [4.78, 5) is 17.5. The van der Waals surface area contributed by atoms with Gasteiger partial charge in [-0.25, -0.2) is 0 Å². The normalized spacial score (nSPS) is 11.3. The highest BCUT2D eigenvalue weighted by atomic mass is 16.5. The van der Waals surface area contributed by atoms with E-state index in [0.717, 1.165) is 0 Å². The Kier molecular flexibility index (Phi) is 4.58. The molecule has 3 aromatic heterocycles. The van der Waals surface area contributed by atoms with E-state index in [0.29, 0.717) is 46.1 Å². The van der Waals surface area contributed by atoms with Gasteiger partial charge in [0.05, 0.1) is 29.5 Å². The maximum absolute atomic E-state index is 13.2. The zero-order valence-corrected chi connectivity index (χ0v) is 14.7. The third-order valence-electron chi connectivity index (χ3n) is 4.07. The van der Waals surface area contributed by atoms with Gasteiger partial charge in [0.2, 0.25) is 5.43 Å². The molecule has 1 aromatic carbocycles. The molecule has 5 nitrogen and oxygen atoms in total. The Hall–Kier alpha value is -3.60. The van der Waals surface area contributed by atoms with Crippen LogP contribution in [0.25, 0.3) is 34.4 Å². The number of ether oxygens (including phenoxy) is 1. The number of rotatable bonds is 5. The molecule has 5 heteroatoms. The number of pyridine rings is 1. The fourth-order valence-electron chi connectivity index (χ4n) is 2.86. The highest BCUT2D eigenvalue weighted by molar-refractivity contribution is 5.86. The van der Waals surface area contributed by atoms with Crippen LogP contribution in [0.4, 0.5) is 0 Å². The van der Waals surface area contributed by atoms with E-state index in [9.17, 15) is 4.79 Å². The first-order chi connectivity index (χ1) is 13.3. The van der Waals surface area contributed by atoms with E-state index in [1.54, 1.807) is 61.0 Å². The lowest BCUT2D eigenvalue weighted by molar-refractivity contribution is 0.340. The molecular formula is C22H17NO4. The third kappa shape index (κ3) is 3.40. The van der Waals surface area contributed by atoms with Gasteiger partial charge in [-0.2, -0.15) is 0 Å². The molecule has 0 saturated heterocycles. The van der Waals surface area contributed by atoms with Gasteiger partial charge in [0, 0.05) is 12.3 Å². The van der Waals surface area contributed by atoms with Crippen molar-refractivity contribution < 1.29 is 13.6 Å². The lowest BCUT2D eigenvalue weighted by Crippen LogP contribution is -2.08. The van der Waals surface area contributed by atoms with Crippen molar-refractivity contribution in [3.8, 4) is 17.0 Å². The van der Waals surface area contributed by atoms with Gasteiger partial charge >= 0.3 is 0 Å². The van der Waals surface area contributed by atoms with Gasteiger partial charge in [0.15, 0.2) is 0 Å². The van der Waals surface area contributed by atoms with Gasteiger partial charge in [0.25, 0.3) is 0 Å². The minimum Gasteiger partial charge on any atom is -0.494 e. The average molecular weight is 359 g/mol. The van der Waals surface area contributed by atoms with E-state index in [4.69, 9.17) is 13.6 Å². The van der Waals surface area contributed by atoms with Crippen LogP contribution in [0.5, 0.6) is 5.75 Å². The summed E-state index contributed by atoms with van der Waals surface area (Å²) in [5, 5.41) is 0.481. The van der Waals surface area contributed by atoms with Gasteiger partial charge in [-0.05, 0) is 55.5 Å². The molecule has 0 unspecified atom stereocenters. The topological polar surface area (TPSA) is 65.5 Å². The predicted molar refractivity (Wildman–Crippen MR) is 105 cm³/mol. The lowest BCUT2D eigenvalue weighted by Gasteiger charge is -2.08. The monoisotopic (exact) mass is 359 g/mol. The number of benzene rings is 1. The Bertz CT molecular complexity index is 1140. The van der Waals surface area contributed by atoms with E-state index in [2.05, 4.69) is 4.98 Å². The first-order valence-electron chi connectivity index (χ1n) is 8.63. The van der Waals surface area contributed by atoms with Gasteiger partial charge in [-0.15, -0.1) is 0 Å². The van der Waals surface area contributed by atoms with Gasteiger partial charge in [-0.3, -0.25) is 9.78 Å². The summed E-state index contributed by atoms with van der Waals surface area (Å²) in [6.07, 6.45) is 6.71. The molecule has 3 heterocycles. The van der Waals surface area contributed by atoms with Crippen molar-refractivity contribution >= 4 is 23.1 Å². The molecule has 4 rings (SSSR count). The molecule has 0 atom stereocenters. The van der Waals surface area contributed by atoms with E-state index >= 15 is 0 Å². The minimum atomic E-state index is -0.142. The fraction of sp³-hybridized carbons (Fsp3) is 0.0909. The quantitative estimate of drug-likeness (QED) is 0.501. The van der Waals surface area contributed by atoms with E-state index < -0.39 is 0 Å². The molecule has 0 saturated carbocycles. The SMILES string of the molecule is CCOc1ccc2c(=O)c(-c3ccccn3)c(/C=C/c3ccco3)oc2c1. The predicted octanol–water partition coefficient (Wildman–Crippen LogP) is 5.02. The molecular weight excluding hydrogens is 342 g/mol. The number of aromatic nitrogens is 1. The third-order valence-corrected chi connectivity index (χ3v) is 4.07. The number of nitrogens with zero attached hydrogens (tertiary/aromatic N) is 1. The van der Waals surface area contributed by atoms with Crippen LogP contribution in [0, 0.1) is 0 Å². The summed E-state index contributed by atoms with van der Waals surface area (Å²) < 4.78 is 16.9. The zero-order valence-electron chi connectivity index (χ0n) is 14.7. The van der Waals surface area contributed by atoms with Gasteiger partial charge in [0.1, 0.15) is 22.9 Å². The van der Waals surface area contributed by atoms with Crippen molar-refractivity contribution in [1.82, 2.24) is 4.98 Å². The van der Waals surface area contributed by atoms with Crippen molar-refractivity contribution in [3.63, 3.8) is 0 Å². The standard InChI is InChI=1S/C22H17NO4/c1-2-25-16-8-10-17-20(14-16)27-19(11-9-15-6-5-13-26-15)21(22(17)24)18-7-3-4-12-23-18/h3-14H,2H2,1H3/b11-9+. The van der Waals surface area contributed by atoms with Crippen molar-refractivity contribution in [2.24, 2.45) is 0 Å². The van der Waals surface area contributed by atoms with Crippen LogP contribution in [-0.4, -0.2) is 11.6 Å². The van der Waals surface area contributed by atoms with E-state index in [1.807, 2.05) is 19.1 Å². The summed E-state index contributed by atoms with van der Waals surface area (Å²) in [6.45, 7) is 2.44. The van der Waals surface area contributed by atoms with Gasteiger partial charge < -0.3 is 13.6 Å². The van der Waals surface area contributed by atoms with Crippen LogP contribution >= 0.6 is 0 Å². The van der Waals surface area contributed by atoms with E-state index in [-0.39, 0.29) is 5.43 Å². The number of furan rings is 1. The molecule has 0 aliphatic carbocycles. The second kappa shape index (κ2) is 7.33. The van der Waals surface area contributed by atoms with Crippen molar-refractivity contribution in [2.75, 3.05) is 6.61 Å². The maximum atomic E-state index is 13.2. The van der Waals surface area contributed by atoms with Crippen molar-refractivity contribution in [3.05, 3.63) is 82.7 Å². The van der Waals surface area contributed by atoms with Gasteiger partial charge in [-0.1, -0.05) is 6.07 Å². The van der Waals surface area contributed by atoms with Crippen molar-refractivity contribution in [1.29, 1.82) is 0 Å². The Labute approximate surface area is 155 Å². The summed E-state index contributed by atoms with van der Waals surface area (Å²) in [6, 6.07) is 14.3. The molecule has 0 N–H and O–H groups in total. The first kappa shape index (κ1) is 16.8. The van der Waals surface area contributed by atoms with Crippen LogP contribution in [0.2, 0.25) is 0 Å².